The van der Waals surface area contributed by atoms with Crippen molar-refractivity contribution in [1.82, 2.24) is 0 Å². The van der Waals surface area contributed by atoms with Gasteiger partial charge in [-0.05, 0) is 19.4 Å². The molecule has 0 amide bonds. The second-order valence-corrected chi connectivity index (χ2v) is 5.09. The summed E-state index contributed by atoms with van der Waals surface area (Å²) in [4.78, 5) is 24.0. The van der Waals surface area contributed by atoms with Crippen LogP contribution in [0.15, 0.2) is 0 Å². The lowest BCUT2D eigenvalue weighted by molar-refractivity contribution is 0.0531. The normalized spacial score (nSPS) is 10.6. The minimum absolute atomic E-state index is 0.0354. The van der Waals surface area contributed by atoms with E-state index in [1.807, 2.05) is 13.8 Å². The molecule has 1 aromatic heterocycles. The minimum atomic E-state index is -0.412. The lowest BCUT2D eigenvalue weighted by atomic mass is 9.99. The summed E-state index contributed by atoms with van der Waals surface area (Å²) in [6.45, 7) is 7.40. The van der Waals surface area contributed by atoms with Crippen LogP contribution in [0.2, 0.25) is 0 Å². The summed E-state index contributed by atoms with van der Waals surface area (Å²) in [6.07, 6.45) is 0. The Morgan fingerprint density at radius 2 is 2.00 bits per heavy atom. The van der Waals surface area contributed by atoms with Crippen LogP contribution in [0.3, 0.4) is 0 Å². The number of ether oxygens (including phenoxy) is 1. The fourth-order valence-electron chi connectivity index (χ4n) is 1.52. The largest absolute Gasteiger partial charge is 0.462 e. The van der Waals surface area contributed by atoms with Gasteiger partial charge in [0.2, 0.25) is 0 Å². The fourth-order valence-corrected chi connectivity index (χ4v) is 2.50. The Bertz CT molecular complexity index is 449. The van der Waals surface area contributed by atoms with Crippen LogP contribution in [0.4, 0.5) is 5.00 Å². The number of esters is 1. The predicted octanol–water partition coefficient (Wildman–Crippen LogP) is 2.65. The number of hydrogen-bond acceptors (Lipinski definition) is 5. The van der Waals surface area contributed by atoms with Gasteiger partial charge in [0.1, 0.15) is 4.88 Å². The highest BCUT2D eigenvalue weighted by molar-refractivity contribution is 7.18. The molecule has 94 valence electrons. The van der Waals surface area contributed by atoms with E-state index in [-0.39, 0.29) is 11.7 Å². The molecule has 0 aliphatic carbocycles. The number of carbonyl (C=O) groups excluding carboxylic acids is 2. The van der Waals surface area contributed by atoms with Gasteiger partial charge in [-0.25, -0.2) is 4.79 Å². The average molecular weight is 255 g/mol. The Hall–Kier alpha value is -1.36. The van der Waals surface area contributed by atoms with E-state index >= 15 is 0 Å². The maximum absolute atomic E-state index is 12.0. The SMILES string of the molecule is CCOC(=O)c1sc(N)c(C(=O)C(C)C)c1C. The molecule has 0 bridgehead atoms. The molecular formula is C12H17NO3S. The number of carbonyl (C=O) groups is 2. The minimum Gasteiger partial charge on any atom is -0.462 e. The Balaban J connectivity index is 3.19. The maximum Gasteiger partial charge on any atom is 0.348 e. The van der Waals surface area contributed by atoms with Gasteiger partial charge in [-0.2, -0.15) is 0 Å². The van der Waals surface area contributed by atoms with Crippen LogP contribution in [-0.4, -0.2) is 18.4 Å². The van der Waals surface area contributed by atoms with Crippen LogP contribution < -0.4 is 5.73 Å². The van der Waals surface area contributed by atoms with Crippen LogP contribution in [0.1, 0.15) is 46.4 Å². The number of ketones is 1. The van der Waals surface area contributed by atoms with E-state index < -0.39 is 5.97 Å². The zero-order valence-corrected chi connectivity index (χ0v) is 11.3. The summed E-state index contributed by atoms with van der Waals surface area (Å²) in [5, 5.41) is 0.393. The van der Waals surface area contributed by atoms with Crippen molar-refractivity contribution in [3.8, 4) is 0 Å². The highest BCUT2D eigenvalue weighted by Gasteiger charge is 2.25. The van der Waals surface area contributed by atoms with Gasteiger partial charge in [-0.1, -0.05) is 13.8 Å². The highest BCUT2D eigenvalue weighted by Crippen LogP contribution is 2.32. The van der Waals surface area contributed by atoms with E-state index in [2.05, 4.69) is 0 Å². The van der Waals surface area contributed by atoms with Gasteiger partial charge in [0, 0.05) is 5.92 Å². The number of rotatable bonds is 4. The van der Waals surface area contributed by atoms with Gasteiger partial charge in [-0.15, -0.1) is 11.3 Å². The summed E-state index contributed by atoms with van der Waals surface area (Å²) in [6, 6.07) is 0. The third-order valence-corrected chi connectivity index (χ3v) is 3.51. The van der Waals surface area contributed by atoms with E-state index in [0.29, 0.717) is 27.6 Å². The molecule has 0 unspecified atom stereocenters. The number of hydrogen-bond donors (Lipinski definition) is 1. The molecule has 1 rings (SSSR count). The first-order valence-corrected chi connectivity index (χ1v) is 6.31. The number of anilines is 1. The molecule has 1 heterocycles. The molecule has 0 saturated carbocycles. The fraction of sp³-hybridized carbons (Fsp3) is 0.500. The molecule has 0 atom stereocenters. The molecule has 4 nitrogen and oxygen atoms in total. The summed E-state index contributed by atoms with van der Waals surface area (Å²) < 4.78 is 4.92. The number of Topliss-reactive ketones (excluding diaryl/α,β-unsaturated/α-hetero) is 1. The lowest BCUT2D eigenvalue weighted by Crippen LogP contribution is -2.11. The van der Waals surface area contributed by atoms with Crippen LogP contribution in [0.25, 0.3) is 0 Å². The molecule has 0 spiro atoms. The molecule has 0 fully saturated rings. The Kier molecular flexibility index (Phi) is 4.28. The lowest BCUT2D eigenvalue weighted by Gasteiger charge is -2.05. The topological polar surface area (TPSA) is 69.4 Å². The van der Waals surface area contributed by atoms with Crippen molar-refractivity contribution in [3.63, 3.8) is 0 Å². The Labute approximate surface area is 105 Å². The molecule has 17 heavy (non-hydrogen) atoms. The zero-order chi connectivity index (χ0) is 13.2. The first-order chi connectivity index (χ1) is 7.90. The van der Waals surface area contributed by atoms with Gasteiger partial charge < -0.3 is 10.5 Å². The van der Waals surface area contributed by atoms with E-state index in [9.17, 15) is 9.59 Å². The average Bonchev–Trinajstić information content (AvgIpc) is 2.53. The smallest absolute Gasteiger partial charge is 0.348 e. The molecule has 0 aromatic carbocycles. The van der Waals surface area contributed by atoms with E-state index in [4.69, 9.17) is 10.5 Å². The Morgan fingerprint density at radius 3 is 2.47 bits per heavy atom. The first kappa shape index (κ1) is 13.7. The van der Waals surface area contributed by atoms with Gasteiger partial charge >= 0.3 is 5.97 Å². The zero-order valence-electron chi connectivity index (χ0n) is 10.5. The summed E-state index contributed by atoms with van der Waals surface area (Å²) in [7, 11) is 0. The van der Waals surface area contributed by atoms with Gasteiger partial charge in [0.05, 0.1) is 17.2 Å². The summed E-state index contributed by atoms with van der Waals surface area (Å²) in [5.41, 5.74) is 6.90. The Morgan fingerprint density at radius 1 is 1.41 bits per heavy atom. The number of nitrogens with two attached hydrogens (primary N) is 1. The second kappa shape index (κ2) is 5.31. The molecule has 0 aliphatic rings. The standard InChI is InChI=1S/C12H17NO3S/c1-5-16-12(15)10-7(4)8(11(13)17-10)9(14)6(2)3/h6H,5,13H2,1-4H3. The molecule has 5 heteroatoms. The molecule has 0 radical (unpaired) electrons. The third kappa shape index (κ3) is 2.66. The van der Waals surface area contributed by atoms with E-state index in [0.717, 1.165) is 11.3 Å². The number of thiophene rings is 1. The monoisotopic (exact) mass is 255 g/mol. The summed E-state index contributed by atoms with van der Waals surface area (Å²) >= 11 is 1.12. The third-order valence-electron chi connectivity index (χ3n) is 2.41. The van der Waals surface area contributed by atoms with Crippen LogP contribution in [0.5, 0.6) is 0 Å². The van der Waals surface area contributed by atoms with Crippen molar-refractivity contribution in [1.29, 1.82) is 0 Å². The second-order valence-electron chi connectivity index (χ2n) is 4.03. The molecule has 1 aromatic rings. The van der Waals surface area contributed by atoms with Crippen molar-refractivity contribution in [2.24, 2.45) is 5.92 Å². The van der Waals surface area contributed by atoms with Gasteiger partial charge in [-0.3, -0.25) is 4.79 Å². The molecular weight excluding hydrogens is 238 g/mol. The highest BCUT2D eigenvalue weighted by atomic mass is 32.1. The molecule has 0 aliphatic heterocycles. The van der Waals surface area contributed by atoms with Crippen LogP contribution in [-0.2, 0) is 4.74 Å². The van der Waals surface area contributed by atoms with Gasteiger partial charge in [0.15, 0.2) is 5.78 Å². The number of nitrogen functional groups attached to an aromatic ring is 1. The summed E-state index contributed by atoms with van der Waals surface area (Å²) in [5.74, 6) is -0.586. The first-order valence-electron chi connectivity index (χ1n) is 5.50. The molecule has 0 saturated heterocycles. The van der Waals surface area contributed by atoms with E-state index in [1.54, 1.807) is 13.8 Å². The van der Waals surface area contributed by atoms with Crippen molar-refractivity contribution >= 4 is 28.1 Å². The maximum atomic E-state index is 12.0. The van der Waals surface area contributed by atoms with Crippen molar-refractivity contribution in [2.75, 3.05) is 12.3 Å². The van der Waals surface area contributed by atoms with Crippen molar-refractivity contribution in [3.05, 3.63) is 16.0 Å². The van der Waals surface area contributed by atoms with Crippen LogP contribution in [0, 0.1) is 12.8 Å². The van der Waals surface area contributed by atoms with Gasteiger partial charge in [0.25, 0.3) is 0 Å². The molecule has 2 N–H and O–H groups in total. The van der Waals surface area contributed by atoms with Crippen LogP contribution >= 0.6 is 11.3 Å². The van der Waals surface area contributed by atoms with Crippen molar-refractivity contribution in [2.45, 2.75) is 27.7 Å². The predicted molar refractivity (Wildman–Crippen MR) is 68.6 cm³/mol. The quantitative estimate of drug-likeness (QED) is 0.663. The van der Waals surface area contributed by atoms with Crippen molar-refractivity contribution < 1.29 is 14.3 Å². The van der Waals surface area contributed by atoms with E-state index in [1.165, 1.54) is 0 Å².